The molecule has 5 heteroatoms. The molecule has 0 heterocycles. The number of phenols is 1. The lowest BCUT2D eigenvalue weighted by Crippen LogP contribution is -2.36. The van der Waals surface area contributed by atoms with Crippen LogP contribution in [0.25, 0.3) is 0 Å². The Morgan fingerprint density at radius 3 is 2.28 bits per heavy atom. The van der Waals surface area contributed by atoms with Gasteiger partial charge in [0.15, 0.2) is 0 Å². The zero-order chi connectivity index (χ0) is 13.3. The number of benzene rings is 1. The van der Waals surface area contributed by atoms with Crippen LogP contribution in [0.3, 0.4) is 0 Å². The standard InChI is InChI=1S/C13H19NO3S/c1-10(2)9-14(11-3-4-11)18(16,17)13-7-5-12(15)6-8-13/h5-8,10-11,15H,3-4,9H2,1-2H3. The Bertz CT molecular complexity index is 504. The first-order valence-electron chi connectivity index (χ1n) is 6.22. The summed E-state index contributed by atoms with van der Waals surface area (Å²) >= 11 is 0. The zero-order valence-corrected chi connectivity index (χ0v) is 11.5. The molecule has 0 unspecified atom stereocenters. The maximum absolute atomic E-state index is 12.5. The number of rotatable bonds is 5. The molecule has 0 atom stereocenters. The van der Waals surface area contributed by atoms with Gasteiger partial charge in [0.2, 0.25) is 10.0 Å². The summed E-state index contributed by atoms with van der Waals surface area (Å²) in [5.74, 6) is 0.383. The predicted octanol–water partition coefficient (Wildman–Crippen LogP) is 2.20. The molecule has 1 aliphatic rings. The average molecular weight is 269 g/mol. The minimum atomic E-state index is -3.43. The highest BCUT2D eigenvalue weighted by Crippen LogP contribution is 2.33. The van der Waals surface area contributed by atoms with E-state index in [1.165, 1.54) is 24.3 Å². The van der Waals surface area contributed by atoms with Crippen molar-refractivity contribution >= 4 is 10.0 Å². The van der Waals surface area contributed by atoms with Crippen LogP contribution >= 0.6 is 0 Å². The second kappa shape index (κ2) is 4.90. The highest BCUT2D eigenvalue weighted by molar-refractivity contribution is 7.89. The Labute approximate surface area is 108 Å². The van der Waals surface area contributed by atoms with E-state index in [0.717, 1.165) is 12.8 Å². The van der Waals surface area contributed by atoms with Crippen LogP contribution in [0, 0.1) is 5.92 Å². The van der Waals surface area contributed by atoms with E-state index in [0.29, 0.717) is 12.5 Å². The molecule has 0 saturated heterocycles. The summed E-state index contributed by atoms with van der Waals surface area (Å²) in [7, 11) is -3.43. The van der Waals surface area contributed by atoms with Crippen LogP contribution in [-0.4, -0.2) is 30.4 Å². The Morgan fingerprint density at radius 2 is 1.83 bits per heavy atom. The van der Waals surface area contributed by atoms with Crippen molar-refractivity contribution in [1.29, 1.82) is 0 Å². The molecule has 1 aliphatic carbocycles. The lowest BCUT2D eigenvalue weighted by atomic mass is 10.2. The van der Waals surface area contributed by atoms with Crippen molar-refractivity contribution < 1.29 is 13.5 Å². The molecule has 0 aromatic heterocycles. The molecule has 1 fully saturated rings. The summed E-state index contributed by atoms with van der Waals surface area (Å²) in [5, 5.41) is 9.22. The van der Waals surface area contributed by atoms with Gasteiger partial charge in [0, 0.05) is 12.6 Å². The Kier molecular flexibility index (Phi) is 3.64. The zero-order valence-electron chi connectivity index (χ0n) is 10.7. The topological polar surface area (TPSA) is 57.6 Å². The van der Waals surface area contributed by atoms with Crippen LogP contribution in [0.4, 0.5) is 0 Å². The van der Waals surface area contributed by atoms with Crippen molar-refractivity contribution in [2.45, 2.75) is 37.6 Å². The van der Waals surface area contributed by atoms with Gasteiger partial charge in [0.05, 0.1) is 4.90 Å². The highest BCUT2D eigenvalue weighted by Gasteiger charge is 2.38. The molecular weight excluding hydrogens is 250 g/mol. The molecule has 1 aromatic carbocycles. The minimum absolute atomic E-state index is 0.0794. The van der Waals surface area contributed by atoms with Gasteiger partial charge in [0.25, 0.3) is 0 Å². The van der Waals surface area contributed by atoms with Gasteiger partial charge >= 0.3 is 0 Å². The molecular formula is C13H19NO3S. The lowest BCUT2D eigenvalue weighted by molar-refractivity contribution is 0.360. The number of phenolic OH excluding ortho intramolecular Hbond substituents is 1. The maximum Gasteiger partial charge on any atom is 0.243 e. The van der Waals surface area contributed by atoms with Crippen LogP contribution in [0.1, 0.15) is 26.7 Å². The van der Waals surface area contributed by atoms with Crippen molar-refractivity contribution in [2.75, 3.05) is 6.54 Å². The second-order valence-corrected chi connectivity index (χ2v) is 7.08. The van der Waals surface area contributed by atoms with E-state index in [1.807, 2.05) is 13.8 Å². The van der Waals surface area contributed by atoms with Crippen molar-refractivity contribution in [3.05, 3.63) is 24.3 Å². The van der Waals surface area contributed by atoms with E-state index in [-0.39, 0.29) is 16.7 Å². The third-order valence-corrected chi connectivity index (χ3v) is 4.88. The molecule has 0 aliphatic heterocycles. The predicted molar refractivity (Wildman–Crippen MR) is 69.9 cm³/mol. The summed E-state index contributed by atoms with van der Waals surface area (Å²) in [6.07, 6.45) is 1.90. The molecule has 100 valence electrons. The van der Waals surface area contributed by atoms with Crippen LogP contribution in [-0.2, 0) is 10.0 Å². The van der Waals surface area contributed by atoms with E-state index in [9.17, 15) is 13.5 Å². The Hall–Kier alpha value is -1.07. The van der Waals surface area contributed by atoms with Gasteiger partial charge in [-0.1, -0.05) is 13.8 Å². The van der Waals surface area contributed by atoms with Gasteiger partial charge in [-0.25, -0.2) is 8.42 Å². The molecule has 0 spiro atoms. The van der Waals surface area contributed by atoms with Crippen molar-refractivity contribution in [1.82, 2.24) is 4.31 Å². The Balaban J connectivity index is 2.29. The van der Waals surface area contributed by atoms with E-state index in [4.69, 9.17) is 0 Å². The van der Waals surface area contributed by atoms with Crippen LogP contribution < -0.4 is 0 Å². The van der Waals surface area contributed by atoms with E-state index < -0.39 is 10.0 Å². The highest BCUT2D eigenvalue weighted by atomic mass is 32.2. The van der Waals surface area contributed by atoms with Gasteiger partial charge in [-0.05, 0) is 43.0 Å². The van der Waals surface area contributed by atoms with Crippen molar-refractivity contribution in [3.63, 3.8) is 0 Å². The first-order chi connectivity index (χ1) is 8.41. The summed E-state index contributed by atoms with van der Waals surface area (Å²) in [6.45, 7) is 4.58. The smallest absolute Gasteiger partial charge is 0.243 e. The van der Waals surface area contributed by atoms with Gasteiger partial charge in [-0.2, -0.15) is 4.31 Å². The SMILES string of the molecule is CC(C)CN(C1CC1)S(=O)(=O)c1ccc(O)cc1. The molecule has 0 amide bonds. The van der Waals surface area contributed by atoms with E-state index in [2.05, 4.69) is 0 Å². The number of hydrogen-bond donors (Lipinski definition) is 1. The molecule has 0 radical (unpaired) electrons. The summed E-state index contributed by atoms with van der Waals surface area (Å²) < 4.78 is 26.6. The number of hydrogen-bond acceptors (Lipinski definition) is 3. The Morgan fingerprint density at radius 1 is 1.28 bits per heavy atom. The monoisotopic (exact) mass is 269 g/mol. The van der Waals surface area contributed by atoms with Crippen molar-refractivity contribution in [3.8, 4) is 5.75 Å². The average Bonchev–Trinajstić information content (AvgIpc) is 3.10. The van der Waals surface area contributed by atoms with Crippen LogP contribution in [0.5, 0.6) is 5.75 Å². The summed E-state index contributed by atoms with van der Waals surface area (Å²) in [6, 6.07) is 5.90. The van der Waals surface area contributed by atoms with Gasteiger partial charge in [-0.3, -0.25) is 0 Å². The second-order valence-electron chi connectivity index (χ2n) is 5.19. The number of nitrogens with zero attached hydrogens (tertiary/aromatic N) is 1. The van der Waals surface area contributed by atoms with Gasteiger partial charge < -0.3 is 5.11 Å². The molecule has 1 saturated carbocycles. The quantitative estimate of drug-likeness (QED) is 0.891. The molecule has 0 bridgehead atoms. The third kappa shape index (κ3) is 2.84. The summed E-state index contributed by atoms with van der Waals surface area (Å²) in [4.78, 5) is 0.257. The first-order valence-corrected chi connectivity index (χ1v) is 7.66. The first kappa shape index (κ1) is 13.4. The van der Waals surface area contributed by atoms with Crippen LogP contribution in [0.15, 0.2) is 29.2 Å². The number of sulfonamides is 1. The summed E-state index contributed by atoms with van der Waals surface area (Å²) in [5.41, 5.74) is 0. The van der Waals surface area contributed by atoms with Crippen molar-refractivity contribution in [2.24, 2.45) is 5.92 Å². The molecule has 18 heavy (non-hydrogen) atoms. The molecule has 2 rings (SSSR count). The minimum Gasteiger partial charge on any atom is -0.508 e. The molecule has 1 N–H and O–H groups in total. The molecule has 4 nitrogen and oxygen atoms in total. The molecule has 1 aromatic rings. The maximum atomic E-state index is 12.5. The largest absolute Gasteiger partial charge is 0.508 e. The fourth-order valence-electron chi connectivity index (χ4n) is 1.92. The lowest BCUT2D eigenvalue weighted by Gasteiger charge is -2.23. The van der Waals surface area contributed by atoms with E-state index in [1.54, 1.807) is 4.31 Å². The van der Waals surface area contributed by atoms with Gasteiger partial charge in [0.1, 0.15) is 5.75 Å². The number of aromatic hydroxyl groups is 1. The fraction of sp³-hybridized carbons (Fsp3) is 0.538. The van der Waals surface area contributed by atoms with Gasteiger partial charge in [-0.15, -0.1) is 0 Å². The van der Waals surface area contributed by atoms with E-state index >= 15 is 0 Å². The van der Waals surface area contributed by atoms with Crippen LogP contribution in [0.2, 0.25) is 0 Å². The third-order valence-electron chi connectivity index (χ3n) is 2.94. The fourth-order valence-corrected chi connectivity index (χ4v) is 3.77. The normalized spacial score (nSPS) is 16.4.